The third kappa shape index (κ3) is 3.74. The van der Waals surface area contributed by atoms with Crippen LogP contribution in [0.2, 0.25) is 0 Å². The summed E-state index contributed by atoms with van der Waals surface area (Å²) in [6.07, 6.45) is 1.10. The molecule has 0 bridgehead atoms. The largest absolute Gasteiger partial charge is 0.477 e. The number of oxime groups is 1. The van der Waals surface area contributed by atoms with Gasteiger partial charge in [-0.15, -0.1) is 11.8 Å². The van der Waals surface area contributed by atoms with Crippen LogP contribution in [-0.2, 0) is 14.4 Å². The molecule has 0 aliphatic carbocycles. The van der Waals surface area contributed by atoms with Gasteiger partial charge in [-0.2, -0.15) is 0 Å². The Bertz CT molecular complexity index is 785. The second-order valence-electron chi connectivity index (χ2n) is 8.68. The first-order chi connectivity index (χ1) is 14.3. The number of hydrogen-bond donors (Lipinski definition) is 3. The Balaban J connectivity index is 1.39. The highest BCUT2D eigenvalue weighted by Crippen LogP contribution is 2.51. The Morgan fingerprint density at radius 1 is 1.47 bits per heavy atom. The number of thioether (sulfide) groups is 1. The Hall–Kier alpha value is -1.62. The minimum absolute atomic E-state index is 0.0798. The van der Waals surface area contributed by atoms with Gasteiger partial charge in [0.1, 0.15) is 12.8 Å². The number of hydrogen-bond acceptors (Lipinski definition) is 8. The molecule has 4 aliphatic rings. The summed E-state index contributed by atoms with van der Waals surface area (Å²) in [7, 11) is 1.57. The molecule has 30 heavy (non-hydrogen) atoms. The molecule has 0 radical (unpaired) electrons. The van der Waals surface area contributed by atoms with Gasteiger partial charge < -0.3 is 25.3 Å². The van der Waals surface area contributed by atoms with Crippen molar-refractivity contribution in [2.24, 2.45) is 17.0 Å². The van der Waals surface area contributed by atoms with Crippen molar-refractivity contribution in [2.75, 3.05) is 33.3 Å². The van der Waals surface area contributed by atoms with Crippen LogP contribution in [0.4, 0.5) is 0 Å². The van der Waals surface area contributed by atoms with Crippen molar-refractivity contribution in [1.29, 1.82) is 0 Å². The topological polar surface area (TPSA) is 115 Å². The molecule has 9 nitrogen and oxygen atoms in total. The molecule has 4 heterocycles. The molecule has 3 saturated heterocycles. The van der Waals surface area contributed by atoms with E-state index in [9.17, 15) is 19.8 Å². The van der Waals surface area contributed by atoms with Crippen molar-refractivity contribution in [1.82, 2.24) is 15.1 Å². The lowest BCUT2D eigenvalue weighted by atomic mass is 9.79. The predicted molar refractivity (Wildman–Crippen MR) is 113 cm³/mol. The van der Waals surface area contributed by atoms with Crippen LogP contribution in [-0.4, -0.2) is 94.3 Å². The highest BCUT2D eigenvalue weighted by molar-refractivity contribution is 8.03. The van der Waals surface area contributed by atoms with Gasteiger partial charge in [-0.1, -0.05) is 12.1 Å². The number of fused-ring (bicyclic) bond motifs is 1. The molecular formula is C20H30N4O5S. The van der Waals surface area contributed by atoms with Gasteiger partial charge in [-0.3, -0.25) is 9.69 Å². The van der Waals surface area contributed by atoms with E-state index in [1.807, 2.05) is 6.92 Å². The Kier molecular flexibility index (Phi) is 6.11. The molecule has 1 amide bonds. The van der Waals surface area contributed by atoms with Crippen LogP contribution in [0.1, 0.15) is 26.7 Å². The van der Waals surface area contributed by atoms with E-state index < -0.39 is 18.0 Å². The van der Waals surface area contributed by atoms with Crippen LogP contribution >= 0.6 is 11.8 Å². The highest BCUT2D eigenvalue weighted by atomic mass is 32.2. The fourth-order valence-corrected chi connectivity index (χ4v) is 6.76. The second-order valence-corrected chi connectivity index (χ2v) is 10.0. The van der Waals surface area contributed by atoms with Crippen molar-refractivity contribution in [2.45, 2.75) is 50.1 Å². The highest BCUT2D eigenvalue weighted by Gasteiger charge is 2.60. The zero-order chi connectivity index (χ0) is 21.6. The number of carboxylic acid groups (broad SMARTS) is 1. The smallest absolute Gasteiger partial charge is 0.353 e. The van der Waals surface area contributed by atoms with E-state index in [-0.39, 0.29) is 28.8 Å². The van der Waals surface area contributed by atoms with E-state index in [2.05, 4.69) is 15.4 Å². The summed E-state index contributed by atoms with van der Waals surface area (Å²) >= 11 is 1.59. The Morgan fingerprint density at radius 2 is 2.23 bits per heavy atom. The van der Waals surface area contributed by atoms with E-state index in [1.54, 1.807) is 25.8 Å². The zero-order valence-corrected chi connectivity index (χ0v) is 18.4. The fraction of sp³-hybridized carbons (Fsp3) is 0.750. The molecule has 0 spiro atoms. The summed E-state index contributed by atoms with van der Waals surface area (Å²) in [5, 5.41) is 27.6. The van der Waals surface area contributed by atoms with Crippen LogP contribution in [0, 0.1) is 11.8 Å². The van der Waals surface area contributed by atoms with Gasteiger partial charge in [0, 0.05) is 54.7 Å². The van der Waals surface area contributed by atoms with Crippen molar-refractivity contribution in [3.63, 3.8) is 0 Å². The lowest BCUT2D eigenvalue weighted by Crippen LogP contribution is -2.63. The number of aliphatic carboxylic acids is 1. The zero-order valence-electron chi connectivity index (χ0n) is 17.6. The molecule has 10 heteroatoms. The Morgan fingerprint density at radius 3 is 2.90 bits per heavy atom. The molecule has 3 N–H and O–H groups in total. The monoisotopic (exact) mass is 438 g/mol. The van der Waals surface area contributed by atoms with Gasteiger partial charge in [-0.25, -0.2) is 4.79 Å². The maximum absolute atomic E-state index is 12.5. The molecule has 3 fully saturated rings. The molecule has 0 aromatic rings. The lowest BCUT2D eigenvalue weighted by Gasteiger charge is -2.46. The SMILES string of the molecule is CO/N=C1\CCN(CC2C[C@H](SC3=C(C(=O)O)N4C(=O)C([C@@H](C)O)C4[C@H]3C)CN2)C1. The van der Waals surface area contributed by atoms with Crippen LogP contribution < -0.4 is 5.32 Å². The van der Waals surface area contributed by atoms with Crippen molar-refractivity contribution < 1.29 is 24.6 Å². The molecule has 0 aromatic heterocycles. The average Bonchev–Trinajstić information content (AvgIpc) is 3.35. The average molecular weight is 439 g/mol. The number of carbonyl (C=O) groups is 2. The predicted octanol–water partition coefficient (Wildman–Crippen LogP) is 0.312. The summed E-state index contributed by atoms with van der Waals surface area (Å²) in [6.45, 7) is 7.11. The van der Waals surface area contributed by atoms with Crippen LogP contribution in [0.25, 0.3) is 0 Å². The van der Waals surface area contributed by atoms with Gasteiger partial charge in [0.2, 0.25) is 5.91 Å². The van der Waals surface area contributed by atoms with Crippen molar-refractivity contribution in [3.8, 4) is 0 Å². The van der Waals surface area contributed by atoms with Crippen LogP contribution in [0.5, 0.6) is 0 Å². The summed E-state index contributed by atoms with van der Waals surface area (Å²) in [6, 6.07) is 0.0956. The molecule has 6 atom stereocenters. The third-order valence-corrected chi connectivity index (χ3v) is 8.12. The standard InChI is InChI=1S/C20H30N4O5S/c1-10-16-15(11(2)25)19(26)24(16)17(20(27)28)18(10)30-14-6-13(21-7-14)9-23-5-4-12(8-23)22-29-3/h10-11,13-16,21,25H,4-9H2,1-3H3,(H,27,28)/b22-12+/t10-,11-,13?,14+,15?,16?/m1/s1. The number of nitrogens with zero attached hydrogens (tertiary/aromatic N) is 3. The lowest BCUT2D eigenvalue weighted by molar-refractivity contribution is -0.163. The maximum Gasteiger partial charge on any atom is 0.353 e. The third-order valence-electron chi connectivity index (χ3n) is 6.61. The number of likely N-dealkylation sites (tertiary alicyclic amines) is 1. The first-order valence-electron chi connectivity index (χ1n) is 10.5. The maximum atomic E-state index is 12.5. The van der Waals surface area contributed by atoms with E-state index >= 15 is 0 Å². The van der Waals surface area contributed by atoms with E-state index in [4.69, 9.17) is 4.84 Å². The number of amides is 1. The summed E-state index contributed by atoms with van der Waals surface area (Å²) in [4.78, 5) is 33.8. The quantitative estimate of drug-likeness (QED) is 0.384. The summed E-state index contributed by atoms with van der Waals surface area (Å²) < 4.78 is 0. The minimum atomic E-state index is -1.06. The van der Waals surface area contributed by atoms with Crippen molar-refractivity contribution in [3.05, 3.63) is 10.6 Å². The van der Waals surface area contributed by atoms with Gasteiger partial charge in [0.15, 0.2) is 0 Å². The number of aliphatic hydroxyl groups is 1. The number of rotatable bonds is 7. The molecule has 4 aliphatic heterocycles. The number of β-lactam (4-membered cyclic amide) rings is 1. The van der Waals surface area contributed by atoms with Gasteiger partial charge in [0.25, 0.3) is 0 Å². The van der Waals surface area contributed by atoms with E-state index in [1.165, 1.54) is 4.90 Å². The first kappa shape index (κ1) is 21.6. The molecule has 0 aromatic carbocycles. The molecule has 0 saturated carbocycles. The van der Waals surface area contributed by atoms with Crippen LogP contribution in [0.3, 0.4) is 0 Å². The number of carboxylic acids is 1. The molecular weight excluding hydrogens is 408 g/mol. The normalized spacial score (nSPS) is 36.4. The van der Waals surface area contributed by atoms with Crippen LogP contribution in [0.15, 0.2) is 15.8 Å². The summed E-state index contributed by atoms with van der Waals surface area (Å²) in [5.74, 6) is -1.93. The van der Waals surface area contributed by atoms with Gasteiger partial charge in [-0.05, 0) is 13.3 Å². The number of aliphatic hydroxyl groups excluding tert-OH is 1. The molecule has 4 rings (SSSR count). The van der Waals surface area contributed by atoms with Gasteiger partial charge in [0.05, 0.1) is 23.8 Å². The summed E-state index contributed by atoms with van der Waals surface area (Å²) in [5.41, 5.74) is 1.18. The second kappa shape index (κ2) is 8.49. The molecule has 166 valence electrons. The molecule has 3 unspecified atom stereocenters. The Labute approximate surface area is 180 Å². The number of nitrogens with one attached hydrogen (secondary N) is 1. The van der Waals surface area contributed by atoms with E-state index in [0.29, 0.717) is 6.04 Å². The first-order valence-corrected chi connectivity index (χ1v) is 11.4. The minimum Gasteiger partial charge on any atom is -0.477 e. The van der Waals surface area contributed by atoms with Gasteiger partial charge >= 0.3 is 5.97 Å². The fourth-order valence-electron chi connectivity index (χ4n) is 5.24. The van der Waals surface area contributed by atoms with Crippen molar-refractivity contribution >= 4 is 29.4 Å². The number of carbonyl (C=O) groups excluding carboxylic acids is 1. The van der Waals surface area contributed by atoms with E-state index in [0.717, 1.165) is 49.6 Å².